The van der Waals surface area contributed by atoms with E-state index in [9.17, 15) is 9.59 Å². The van der Waals surface area contributed by atoms with Gasteiger partial charge in [0.05, 0.1) is 0 Å². The zero-order chi connectivity index (χ0) is 12.3. The molecule has 0 bridgehead atoms. The molecule has 1 aliphatic rings. The number of hydrogen-bond acceptors (Lipinski definition) is 4. The molecule has 2 atom stereocenters. The van der Waals surface area contributed by atoms with Crippen molar-refractivity contribution in [3.05, 3.63) is 0 Å². The Balaban J connectivity index is 2.54. The van der Waals surface area contributed by atoms with E-state index in [1.807, 2.05) is 0 Å². The van der Waals surface area contributed by atoms with Crippen molar-refractivity contribution in [2.24, 2.45) is 0 Å². The molecule has 2 unspecified atom stereocenters. The van der Waals surface area contributed by atoms with Crippen LogP contribution in [0.4, 0.5) is 0 Å². The van der Waals surface area contributed by atoms with Crippen LogP contribution in [0.2, 0.25) is 0 Å². The summed E-state index contributed by atoms with van der Waals surface area (Å²) in [5.41, 5.74) is -0.533. The summed E-state index contributed by atoms with van der Waals surface area (Å²) in [6.07, 6.45) is 1.93. The molecule has 0 aromatic heterocycles. The molecule has 0 radical (unpaired) electrons. The van der Waals surface area contributed by atoms with Crippen molar-refractivity contribution in [2.45, 2.75) is 57.7 Å². The third kappa shape index (κ3) is 3.81. The highest BCUT2D eigenvalue weighted by molar-refractivity contribution is 5.79. The third-order valence-corrected chi connectivity index (χ3v) is 2.38. The van der Waals surface area contributed by atoms with Gasteiger partial charge in [0.1, 0.15) is 17.7 Å². The van der Waals surface area contributed by atoms with E-state index in [0.717, 1.165) is 6.42 Å². The Kier molecular flexibility index (Phi) is 3.91. The van der Waals surface area contributed by atoms with Crippen LogP contribution in [0.5, 0.6) is 0 Å². The predicted molar refractivity (Wildman–Crippen MR) is 58.0 cm³/mol. The molecule has 0 spiro atoms. The quantitative estimate of drug-likeness (QED) is 0.689. The summed E-state index contributed by atoms with van der Waals surface area (Å²) in [7, 11) is 0. The van der Waals surface area contributed by atoms with Gasteiger partial charge in [0, 0.05) is 0 Å². The number of hydrogen-bond donors (Lipinski definition) is 2. The summed E-state index contributed by atoms with van der Waals surface area (Å²) in [5.74, 6) is -1.27. The zero-order valence-electron chi connectivity index (χ0n) is 9.95. The second-order valence-corrected chi connectivity index (χ2v) is 5.07. The summed E-state index contributed by atoms with van der Waals surface area (Å²) in [4.78, 5) is 22.5. The minimum absolute atomic E-state index is 0.363. The van der Waals surface area contributed by atoms with E-state index in [4.69, 9.17) is 9.84 Å². The smallest absolute Gasteiger partial charge is 0.323 e. The van der Waals surface area contributed by atoms with E-state index < -0.39 is 23.7 Å². The first-order chi connectivity index (χ1) is 7.29. The molecule has 16 heavy (non-hydrogen) atoms. The Morgan fingerprint density at radius 2 is 1.81 bits per heavy atom. The van der Waals surface area contributed by atoms with Crippen LogP contribution in [-0.4, -0.2) is 34.7 Å². The Morgan fingerprint density at radius 3 is 2.31 bits per heavy atom. The molecule has 5 nitrogen and oxygen atoms in total. The normalized spacial score (nSPS) is 26.2. The van der Waals surface area contributed by atoms with Crippen molar-refractivity contribution < 1.29 is 19.4 Å². The molecule has 2 N–H and O–H groups in total. The average molecular weight is 229 g/mol. The second-order valence-electron chi connectivity index (χ2n) is 5.07. The number of nitrogens with one attached hydrogen (secondary N) is 1. The number of esters is 1. The van der Waals surface area contributed by atoms with Crippen molar-refractivity contribution in [3.8, 4) is 0 Å². The summed E-state index contributed by atoms with van der Waals surface area (Å²) in [5, 5.41) is 11.7. The van der Waals surface area contributed by atoms with Gasteiger partial charge in [-0.2, -0.15) is 0 Å². The van der Waals surface area contributed by atoms with E-state index in [1.54, 1.807) is 20.8 Å². The van der Waals surface area contributed by atoms with Crippen molar-refractivity contribution in [3.63, 3.8) is 0 Å². The molecule has 0 aromatic carbocycles. The fourth-order valence-electron chi connectivity index (χ4n) is 1.69. The first-order valence-electron chi connectivity index (χ1n) is 5.51. The van der Waals surface area contributed by atoms with Crippen LogP contribution in [-0.2, 0) is 14.3 Å². The molecule has 1 heterocycles. The highest BCUT2D eigenvalue weighted by atomic mass is 16.6. The lowest BCUT2D eigenvalue weighted by molar-refractivity contribution is -0.159. The zero-order valence-corrected chi connectivity index (χ0v) is 9.95. The van der Waals surface area contributed by atoms with Crippen molar-refractivity contribution >= 4 is 11.9 Å². The second kappa shape index (κ2) is 4.82. The molecular weight excluding hydrogens is 210 g/mol. The van der Waals surface area contributed by atoms with Gasteiger partial charge >= 0.3 is 11.9 Å². The fourth-order valence-corrected chi connectivity index (χ4v) is 1.69. The standard InChI is InChI=1S/C11H19NO4/c1-11(2,3)16-10(15)8-6-4-5-7(12-8)9(13)14/h7-8,12H,4-6H2,1-3H3,(H,13,14). The molecule has 92 valence electrons. The van der Waals surface area contributed by atoms with E-state index >= 15 is 0 Å². The molecular formula is C11H19NO4. The van der Waals surface area contributed by atoms with E-state index in [2.05, 4.69) is 5.32 Å². The number of carboxylic acid groups (broad SMARTS) is 1. The number of carbonyl (C=O) groups is 2. The predicted octanol–water partition coefficient (Wildman–Crippen LogP) is 0.923. The number of carbonyl (C=O) groups excluding carboxylic acids is 1. The van der Waals surface area contributed by atoms with Gasteiger partial charge in [-0.1, -0.05) is 0 Å². The van der Waals surface area contributed by atoms with Gasteiger partial charge < -0.3 is 9.84 Å². The first kappa shape index (κ1) is 13.0. The number of carboxylic acids is 1. The van der Waals surface area contributed by atoms with Crippen LogP contribution < -0.4 is 5.32 Å². The van der Waals surface area contributed by atoms with Gasteiger partial charge in [-0.15, -0.1) is 0 Å². The molecule has 1 rings (SSSR count). The Bertz CT molecular complexity index is 282. The SMILES string of the molecule is CC(C)(C)OC(=O)C1CCCC(C(=O)O)N1. The van der Waals surface area contributed by atoms with Crippen LogP contribution in [0.15, 0.2) is 0 Å². The fraction of sp³-hybridized carbons (Fsp3) is 0.818. The van der Waals surface area contributed by atoms with Crippen LogP contribution in [0, 0.1) is 0 Å². The average Bonchev–Trinajstić information content (AvgIpc) is 2.15. The largest absolute Gasteiger partial charge is 0.480 e. The molecule has 0 amide bonds. The molecule has 1 aliphatic heterocycles. The Labute approximate surface area is 95.2 Å². The minimum Gasteiger partial charge on any atom is -0.480 e. The monoisotopic (exact) mass is 229 g/mol. The van der Waals surface area contributed by atoms with E-state index in [0.29, 0.717) is 12.8 Å². The van der Waals surface area contributed by atoms with Crippen LogP contribution in [0.25, 0.3) is 0 Å². The molecule has 0 aliphatic carbocycles. The van der Waals surface area contributed by atoms with Crippen molar-refractivity contribution in [1.29, 1.82) is 0 Å². The Morgan fingerprint density at radius 1 is 1.25 bits per heavy atom. The van der Waals surface area contributed by atoms with Crippen molar-refractivity contribution in [2.75, 3.05) is 0 Å². The highest BCUT2D eigenvalue weighted by Gasteiger charge is 2.32. The molecule has 1 saturated heterocycles. The Hall–Kier alpha value is -1.10. The topological polar surface area (TPSA) is 75.6 Å². The highest BCUT2D eigenvalue weighted by Crippen LogP contribution is 2.16. The minimum atomic E-state index is -0.909. The number of aliphatic carboxylic acids is 1. The molecule has 0 aromatic rings. The maximum absolute atomic E-state index is 11.7. The maximum atomic E-state index is 11.7. The van der Waals surface area contributed by atoms with E-state index in [-0.39, 0.29) is 5.97 Å². The van der Waals surface area contributed by atoms with Gasteiger partial charge in [0.25, 0.3) is 0 Å². The van der Waals surface area contributed by atoms with Gasteiger partial charge in [0.2, 0.25) is 0 Å². The lowest BCUT2D eigenvalue weighted by atomic mass is 9.98. The summed E-state index contributed by atoms with van der Waals surface area (Å²) in [6, 6.07) is -1.12. The van der Waals surface area contributed by atoms with Crippen LogP contribution in [0.3, 0.4) is 0 Å². The summed E-state index contributed by atoms with van der Waals surface area (Å²) in [6.45, 7) is 5.38. The van der Waals surface area contributed by atoms with Gasteiger partial charge in [0.15, 0.2) is 0 Å². The molecule has 0 saturated carbocycles. The van der Waals surface area contributed by atoms with Gasteiger partial charge in [-0.05, 0) is 40.0 Å². The van der Waals surface area contributed by atoms with E-state index in [1.165, 1.54) is 0 Å². The van der Waals surface area contributed by atoms with Gasteiger partial charge in [-0.25, -0.2) is 0 Å². The summed E-state index contributed by atoms with van der Waals surface area (Å²) < 4.78 is 5.21. The number of ether oxygens (including phenoxy) is 1. The molecule has 5 heteroatoms. The maximum Gasteiger partial charge on any atom is 0.323 e. The van der Waals surface area contributed by atoms with Crippen molar-refractivity contribution in [1.82, 2.24) is 5.32 Å². The lowest BCUT2D eigenvalue weighted by Crippen LogP contribution is -2.51. The molecule has 1 fully saturated rings. The van der Waals surface area contributed by atoms with Crippen LogP contribution >= 0.6 is 0 Å². The number of rotatable bonds is 2. The first-order valence-corrected chi connectivity index (χ1v) is 5.51. The van der Waals surface area contributed by atoms with Crippen LogP contribution in [0.1, 0.15) is 40.0 Å². The third-order valence-electron chi connectivity index (χ3n) is 2.38. The number of piperidine rings is 1. The lowest BCUT2D eigenvalue weighted by Gasteiger charge is -2.29. The van der Waals surface area contributed by atoms with Gasteiger partial charge in [-0.3, -0.25) is 14.9 Å². The summed E-state index contributed by atoms with van der Waals surface area (Å²) >= 11 is 0.